The average Bonchev–Trinajstić information content (AvgIpc) is 3.43. The van der Waals surface area contributed by atoms with Crippen LogP contribution >= 0.6 is 0 Å². The predicted octanol–water partition coefficient (Wildman–Crippen LogP) is 2.92. The number of hydrogen-bond donors (Lipinski definition) is 2. The highest BCUT2D eigenvalue weighted by atomic mass is 16.2. The van der Waals surface area contributed by atoms with Gasteiger partial charge < -0.3 is 10.6 Å². The van der Waals surface area contributed by atoms with E-state index in [-0.39, 0.29) is 23.6 Å². The van der Waals surface area contributed by atoms with Gasteiger partial charge in [0, 0.05) is 32.5 Å². The third kappa shape index (κ3) is 4.08. The number of carbonyl (C=O) groups excluding carboxylic acids is 4. The lowest BCUT2D eigenvalue weighted by Crippen LogP contribution is -2.49. The van der Waals surface area contributed by atoms with Crippen molar-refractivity contribution in [2.45, 2.75) is 38.5 Å². The molecule has 0 spiro atoms. The van der Waals surface area contributed by atoms with Crippen molar-refractivity contribution in [3.8, 4) is 0 Å². The summed E-state index contributed by atoms with van der Waals surface area (Å²) in [5.41, 5.74) is 1.49. The van der Waals surface area contributed by atoms with Crippen LogP contribution < -0.4 is 10.6 Å². The molecule has 0 bridgehead atoms. The molecule has 1 aliphatic carbocycles. The SMILES string of the molecule is CC(=O)Nc1ccc(C(=O)N2CCCN2C(=O)C2(c3ccccc3)CC2)cc1NC(C)=O. The van der Waals surface area contributed by atoms with Gasteiger partial charge in [0.2, 0.25) is 11.8 Å². The van der Waals surface area contributed by atoms with Gasteiger partial charge in [-0.05, 0) is 43.0 Å². The zero-order chi connectivity index (χ0) is 22.9. The fourth-order valence-electron chi connectivity index (χ4n) is 4.21. The van der Waals surface area contributed by atoms with Crippen molar-refractivity contribution < 1.29 is 19.2 Å². The zero-order valence-corrected chi connectivity index (χ0v) is 18.2. The van der Waals surface area contributed by atoms with Gasteiger partial charge in [0.05, 0.1) is 16.8 Å². The van der Waals surface area contributed by atoms with E-state index in [4.69, 9.17) is 0 Å². The molecule has 2 aliphatic rings. The number of amides is 4. The van der Waals surface area contributed by atoms with Gasteiger partial charge in [-0.25, -0.2) is 5.01 Å². The summed E-state index contributed by atoms with van der Waals surface area (Å²) in [7, 11) is 0. The van der Waals surface area contributed by atoms with Gasteiger partial charge in [0.15, 0.2) is 0 Å². The maximum atomic E-state index is 13.5. The zero-order valence-electron chi connectivity index (χ0n) is 18.2. The third-order valence-corrected chi connectivity index (χ3v) is 5.87. The maximum absolute atomic E-state index is 13.5. The fourth-order valence-corrected chi connectivity index (χ4v) is 4.21. The molecule has 1 saturated heterocycles. The van der Waals surface area contributed by atoms with E-state index >= 15 is 0 Å². The van der Waals surface area contributed by atoms with Crippen molar-refractivity contribution in [1.29, 1.82) is 0 Å². The Kier molecular flexibility index (Phi) is 5.69. The van der Waals surface area contributed by atoms with E-state index in [1.54, 1.807) is 17.1 Å². The first kappa shape index (κ1) is 21.5. The minimum atomic E-state index is -0.555. The lowest BCUT2D eigenvalue weighted by molar-refractivity contribution is -0.143. The maximum Gasteiger partial charge on any atom is 0.272 e. The summed E-state index contributed by atoms with van der Waals surface area (Å²) in [6.45, 7) is 3.65. The molecular formula is C24H26N4O4. The molecule has 2 aromatic rings. The van der Waals surface area contributed by atoms with Gasteiger partial charge in [-0.15, -0.1) is 0 Å². The van der Waals surface area contributed by atoms with Crippen LogP contribution in [-0.4, -0.2) is 46.7 Å². The van der Waals surface area contributed by atoms with E-state index in [1.165, 1.54) is 24.9 Å². The van der Waals surface area contributed by atoms with E-state index in [0.29, 0.717) is 36.4 Å². The summed E-state index contributed by atoms with van der Waals surface area (Å²) in [5, 5.41) is 8.36. The number of nitrogens with zero attached hydrogens (tertiary/aromatic N) is 2. The van der Waals surface area contributed by atoms with Gasteiger partial charge >= 0.3 is 0 Å². The molecule has 0 unspecified atom stereocenters. The van der Waals surface area contributed by atoms with Crippen molar-refractivity contribution in [1.82, 2.24) is 10.0 Å². The molecule has 0 radical (unpaired) electrons. The van der Waals surface area contributed by atoms with Gasteiger partial charge in [-0.1, -0.05) is 30.3 Å². The van der Waals surface area contributed by atoms with Gasteiger partial charge in [-0.3, -0.25) is 24.2 Å². The molecule has 8 nitrogen and oxygen atoms in total. The van der Waals surface area contributed by atoms with Crippen LogP contribution in [0.15, 0.2) is 48.5 Å². The summed E-state index contributed by atoms with van der Waals surface area (Å²) in [6.07, 6.45) is 2.24. The second kappa shape index (κ2) is 8.45. The molecule has 32 heavy (non-hydrogen) atoms. The van der Waals surface area contributed by atoms with Crippen LogP contribution in [0.1, 0.15) is 49.0 Å². The van der Waals surface area contributed by atoms with Crippen LogP contribution in [0.2, 0.25) is 0 Å². The monoisotopic (exact) mass is 434 g/mol. The van der Waals surface area contributed by atoms with Gasteiger partial charge in [0.1, 0.15) is 0 Å². The van der Waals surface area contributed by atoms with E-state index in [9.17, 15) is 19.2 Å². The van der Waals surface area contributed by atoms with Crippen LogP contribution in [0.5, 0.6) is 0 Å². The smallest absolute Gasteiger partial charge is 0.272 e. The Hall–Kier alpha value is -3.68. The van der Waals surface area contributed by atoms with E-state index in [0.717, 1.165) is 18.4 Å². The number of nitrogens with one attached hydrogen (secondary N) is 2. The Morgan fingerprint density at radius 2 is 1.44 bits per heavy atom. The topological polar surface area (TPSA) is 98.8 Å². The summed E-state index contributed by atoms with van der Waals surface area (Å²) >= 11 is 0. The molecular weight excluding hydrogens is 408 g/mol. The summed E-state index contributed by atoms with van der Waals surface area (Å²) in [6, 6.07) is 14.4. The largest absolute Gasteiger partial charge is 0.325 e. The Bertz CT molecular complexity index is 1080. The normalized spacial score (nSPS) is 16.4. The summed E-state index contributed by atoms with van der Waals surface area (Å²) in [5.74, 6) is -0.979. The first-order valence-electron chi connectivity index (χ1n) is 10.7. The Morgan fingerprint density at radius 1 is 0.812 bits per heavy atom. The molecule has 2 N–H and O–H groups in total. The summed E-state index contributed by atoms with van der Waals surface area (Å²) < 4.78 is 0. The van der Waals surface area contributed by atoms with Crippen molar-refractivity contribution in [3.05, 3.63) is 59.7 Å². The second-order valence-corrected chi connectivity index (χ2v) is 8.28. The van der Waals surface area contributed by atoms with Crippen LogP contribution in [0.4, 0.5) is 11.4 Å². The van der Waals surface area contributed by atoms with Crippen LogP contribution in [0, 0.1) is 0 Å². The van der Waals surface area contributed by atoms with Crippen LogP contribution in [-0.2, 0) is 19.8 Å². The van der Waals surface area contributed by atoms with Gasteiger partial charge in [0.25, 0.3) is 11.8 Å². The lowest BCUT2D eigenvalue weighted by atomic mass is 9.95. The number of rotatable bonds is 5. The minimum Gasteiger partial charge on any atom is -0.325 e. The fraction of sp³-hybridized carbons (Fsp3) is 0.333. The molecule has 8 heteroatoms. The van der Waals surface area contributed by atoms with E-state index in [1.807, 2.05) is 30.3 Å². The molecule has 0 atom stereocenters. The van der Waals surface area contributed by atoms with Crippen molar-refractivity contribution in [3.63, 3.8) is 0 Å². The highest BCUT2D eigenvalue weighted by Crippen LogP contribution is 2.50. The average molecular weight is 434 g/mol. The molecule has 4 rings (SSSR count). The van der Waals surface area contributed by atoms with E-state index in [2.05, 4.69) is 10.6 Å². The number of benzene rings is 2. The second-order valence-electron chi connectivity index (χ2n) is 8.28. The van der Waals surface area contributed by atoms with Crippen molar-refractivity contribution in [2.24, 2.45) is 0 Å². The first-order valence-corrected chi connectivity index (χ1v) is 10.7. The molecule has 1 heterocycles. The Balaban J connectivity index is 1.59. The van der Waals surface area contributed by atoms with E-state index < -0.39 is 5.41 Å². The predicted molar refractivity (Wildman–Crippen MR) is 120 cm³/mol. The highest BCUT2D eigenvalue weighted by molar-refractivity contribution is 6.03. The molecule has 4 amide bonds. The standard InChI is InChI=1S/C24H26N4O4/c1-16(29)25-20-10-9-18(15-21(20)26-17(2)30)22(31)27-13-6-14-28(27)23(32)24(11-12-24)19-7-4-3-5-8-19/h3-5,7-10,15H,6,11-14H2,1-2H3,(H,25,29)(H,26,30). The molecule has 2 fully saturated rings. The Labute approximate surface area is 186 Å². The van der Waals surface area contributed by atoms with Crippen LogP contribution in [0.25, 0.3) is 0 Å². The molecule has 1 saturated carbocycles. The summed E-state index contributed by atoms with van der Waals surface area (Å²) in [4.78, 5) is 49.9. The first-order chi connectivity index (χ1) is 15.3. The third-order valence-electron chi connectivity index (χ3n) is 5.87. The lowest BCUT2D eigenvalue weighted by Gasteiger charge is -2.31. The molecule has 2 aromatic carbocycles. The quantitative estimate of drug-likeness (QED) is 0.756. The number of hydrazine groups is 1. The van der Waals surface area contributed by atoms with Crippen LogP contribution in [0.3, 0.4) is 0 Å². The number of anilines is 2. The molecule has 166 valence electrons. The number of carbonyl (C=O) groups is 4. The van der Waals surface area contributed by atoms with Gasteiger partial charge in [-0.2, -0.15) is 0 Å². The molecule has 1 aliphatic heterocycles. The van der Waals surface area contributed by atoms with Crippen molar-refractivity contribution >= 4 is 35.0 Å². The Morgan fingerprint density at radius 3 is 2.06 bits per heavy atom. The minimum absolute atomic E-state index is 0.0495. The number of hydrogen-bond acceptors (Lipinski definition) is 4. The molecule has 0 aromatic heterocycles. The van der Waals surface area contributed by atoms with Crippen molar-refractivity contribution in [2.75, 3.05) is 23.7 Å². The highest BCUT2D eigenvalue weighted by Gasteiger charge is 2.54.